The molecule has 2 aromatic rings. The number of halogens is 1. The lowest BCUT2D eigenvalue weighted by atomic mass is 10.1. The van der Waals surface area contributed by atoms with E-state index in [0.29, 0.717) is 0 Å². The molecule has 0 heterocycles. The van der Waals surface area contributed by atoms with E-state index in [2.05, 4.69) is 27.8 Å². The average molecular weight is 360 g/mol. The Hall–Kier alpha value is -2.12. The lowest BCUT2D eigenvalue weighted by Crippen LogP contribution is -2.10. The highest BCUT2D eigenvalue weighted by atomic mass is 79.9. The average Bonchev–Trinajstić information content (AvgIpc) is 2.52. The number of benzene rings is 2. The van der Waals surface area contributed by atoms with Gasteiger partial charge in [0.1, 0.15) is 11.5 Å². The molecule has 0 N–H and O–H groups in total. The van der Waals surface area contributed by atoms with Gasteiger partial charge < -0.3 is 14.4 Å². The predicted molar refractivity (Wildman–Crippen MR) is 94.0 cm³/mol. The Bertz CT molecular complexity index is 707. The van der Waals surface area contributed by atoms with E-state index < -0.39 is 0 Å². The van der Waals surface area contributed by atoms with Crippen LogP contribution >= 0.6 is 15.9 Å². The second-order valence-electron chi connectivity index (χ2n) is 4.91. The summed E-state index contributed by atoms with van der Waals surface area (Å²) in [5.74, 6) is 7.85. The quantitative estimate of drug-likeness (QED) is 0.775. The summed E-state index contributed by atoms with van der Waals surface area (Å²) in [5, 5.41) is 0. The molecule has 2 aromatic carbocycles. The molecular weight excluding hydrogens is 342 g/mol. The number of rotatable bonds is 3. The molecule has 3 nitrogen and oxygen atoms in total. The first-order valence-electron chi connectivity index (χ1n) is 6.75. The van der Waals surface area contributed by atoms with Crippen molar-refractivity contribution in [3.63, 3.8) is 0 Å². The minimum Gasteiger partial charge on any atom is -0.497 e. The maximum Gasteiger partial charge on any atom is 0.123 e. The van der Waals surface area contributed by atoms with Crippen LogP contribution in [0, 0.1) is 11.8 Å². The van der Waals surface area contributed by atoms with Gasteiger partial charge in [0.15, 0.2) is 0 Å². The maximum atomic E-state index is 5.27. The summed E-state index contributed by atoms with van der Waals surface area (Å²) in [4.78, 5) is 2.04. The Morgan fingerprint density at radius 2 is 1.55 bits per heavy atom. The van der Waals surface area contributed by atoms with Crippen LogP contribution in [0.2, 0.25) is 0 Å². The van der Waals surface area contributed by atoms with Gasteiger partial charge in [0.25, 0.3) is 0 Å². The van der Waals surface area contributed by atoms with Crippen molar-refractivity contribution < 1.29 is 9.47 Å². The molecule has 22 heavy (non-hydrogen) atoms. The van der Waals surface area contributed by atoms with Crippen LogP contribution in [0.15, 0.2) is 40.9 Å². The van der Waals surface area contributed by atoms with Gasteiger partial charge in [-0.2, -0.15) is 0 Å². The summed E-state index contributed by atoms with van der Waals surface area (Å²) in [5.41, 5.74) is 2.88. The van der Waals surface area contributed by atoms with Crippen molar-refractivity contribution in [3.05, 3.63) is 52.0 Å². The Morgan fingerprint density at radius 3 is 2.09 bits per heavy atom. The lowest BCUT2D eigenvalue weighted by molar-refractivity contribution is 0.394. The van der Waals surface area contributed by atoms with Gasteiger partial charge in [-0.25, -0.2) is 0 Å². The number of anilines is 1. The molecule has 0 saturated carbocycles. The zero-order valence-corrected chi connectivity index (χ0v) is 14.7. The molecule has 0 aliphatic heterocycles. The topological polar surface area (TPSA) is 21.7 Å². The van der Waals surface area contributed by atoms with Crippen molar-refractivity contribution in [1.82, 2.24) is 0 Å². The van der Waals surface area contributed by atoms with Gasteiger partial charge in [-0.1, -0.05) is 27.8 Å². The van der Waals surface area contributed by atoms with Gasteiger partial charge in [0, 0.05) is 35.8 Å². The molecule has 0 atom stereocenters. The molecule has 0 saturated heterocycles. The van der Waals surface area contributed by atoms with E-state index in [9.17, 15) is 0 Å². The van der Waals surface area contributed by atoms with Gasteiger partial charge >= 0.3 is 0 Å². The van der Waals surface area contributed by atoms with Gasteiger partial charge in [-0.3, -0.25) is 0 Å². The Morgan fingerprint density at radius 1 is 0.909 bits per heavy atom. The first-order chi connectivity index (χ1) is 10.5. The number of ether oxygens (including phenoxy) is 2. The van der Waals surface area contributed by atoms with Crippen LogP contribution < -0.4 is 14.4 Å². The normalized spacial score (nSPS) is 9.68. The SMILES string of the molecule is COc1cc(C#Cc2cc(Br)ccc2N(C)C)cc(OC)c1. The van der Waals surface area contributed by atoms with E-state index in [4.69, 9.17) is 9.47 Å². The molecule has 4 heteroatoms. The van der Waals surface area contributed by atoms with E-state index in [1.54, 1.807) is 14.2 Å². The molecular formula is C18H18BrNO2. The van der Waals surface area contributed by atoms with Gasteiger partial charge in [0.05, 0.1) is 19.9 Å². The monoisotopic (exact) mass is 359 g/mol. The maximum absolute atomic E-state index is 5.27. The molecule has 0 spiro atoms. The summed E-state index contributed by atoms with van der Waals surface area (Å²) in [6.07, 6.45) is 0. The first-order valence-corrected chi connectivity index (χ1v) is 7.54. The van der Waals surface area contributed by atoms with Crippen molar-refractivity contribution >= 4 is 21.6 Å². The summed E-state index contributed by atoms with van der Waals surface area (Å²) in [6.45, 7) is 0. The van der Waals surface area contributed by atoms with E-state index in [1.807, 2.05) is 55.4 Å². The Kier molecular flexibility index (Phi) is 5.35. The molecule has 0 fully saturated rings. The molecule has 0 aliphatic carbocycles. The third kappa shape index (κ3) is 3.96. The fraction of sp³-hybridized carbons (Fsp3) is 0.222. The van der Waals surface area contributed by atoms with Gasteiger partial charge in [0.2, 0.25) is 0 Å². The zero-order chi connectivity index (χ0) is 16.1. The van der Waals surface area contributed by atoms with Crippen LogP contribution in [0.3, 0.4) is 0 Å². The van der Waals surface area contributed by atoms with Crippen molar-refractivity contribution in [3.8, 4) is 23.3 Å². The first kappa shape index (κ1) is 16.3. The zero-order valence-electron chi connectivity index (χ0n) is 13.1. The minimum atomic E-state index is 0.728. The molecule has 0 bridgehead atoms. The fourth-order valence-corrected chi connectivity index (χ4v) is 2.38. The van der Waals surface area contributed by atoms with Crippen LogP contribution in [-0.4, -0.2) is 28.3 Å². The summed E-state index contributed by atoms with van der Waals surface area (Å²) < 4.78 is 11.5. The second kappa shape index (κ2) is 7.24. The third-order valence-electron chi connectivity index (χ3n) is 3.13. The Labute approximate surface area is 140 Å². The van der Waals surface area contributed by atoms with Gasteiger partial charge in [-0.15, -0.1) is 0 Å². The highest BCUT2D eigenvalue weighted by molar-refractivity contribution is 9.10. The van der Waals surface area contributed by atoms with Crippen molar-refractivity contribution in [2.24, 2.45) is 0 Å². The largest absolute Gasteiger partial charge is 0.497 e. The molecule has 0 aromatic heterocycles. The second-order valence-corrected chi connectivity index (χ2v) is 5.82. The van der Waals surface area contributed by atoms with Crippen molar-refractivity contribution in [2.45, 2.75) is 0 Å². The van der Waals surface area contributed by atoms with Crippen LogP contribution in [0.5, 0.6) is 11.5 Å². The van der Waals surface area contributed by atoms with E-state index in [-0.39, 0.29) is 0 Å². The van der Waals surface area contributed by atoms with Crippen LogP contribution in [-0.2, 0) is 0 Å². The van der Waals surface area contributed by atoms with E-state index in [1.165, 1.54) is 0 Å². The van der Waals surface area contributed by atoms with E-state index >= 15 is 0 Å². The number of hydrogen-bond acceptors (Lipinski definition) is 3. The number of methoxy groups -OCH3 is 2. The fourth-order valence-electron chi connectivity index (χ4n) is 2.02. The standard InChI is InChI=1S/C18H18BrNO2/c1-20(2)18-8-7-15(19)11-14(18)6-5-13-9-16(21-3)12-17(10-13)22-4/h7-12H,1-4H3. The molecule has 114 valence electrons. The van der Waals surface area contributed by atoms with Crippen LogP contribution in [0.4, 0.5) is 5.69 Å². The predicted octanol–water partition coefficient (Wildman–Crippen LogP) is 3.93. The summed E-state index contributed by atoms with van der Waals surface area (Å²) in [6, 6.07) is 11.7. The van der Waals surface area contributed by atoms with Crippen LogP contribution in [0.25, 0.3) is 0 Å². The highest BCUT2D eigenvalue weighted by Crippen LogP contribution is 2.24. The van der Waals surface area contributed by atoms with E-state index in [0.717, 1.165) is 32.8 Å². The third-order valence-corrected chi connectivity index (χ3v) is 3.63. The highest BCUT2D eigenvalue weighted by Gasteiger charge is 2.03. The summed E-state index contributed by atoms with van der Waals surface area (Å²) >= 11 is 3.49. The summed E-state index contributed by atoms with van der Waals surface area (Å²) in [7, 11) is 7.26. The molecule has 0 radical (unpaired) electrons. The molecule has 0 aliphatic rings. The van der Waals surface area contributed by atoms with Crippen molar-refractivity contribution in [1.29, 1.82) is 0 Å². The number of hydrogen-bond donors (Lipinski definition) is 0. The molecule has 2 rings (SSSR count). The minimum absolute atomic E-state index is 0.728. The van der Waals surface area contributed by atoms with Crippen molar-refractivity contribution in [2.75, 3.05) is 33.2 Å². The number of nitrogens with zero attached hydrogens (tertiary/aromatic N) is 1. The smallest absolute Gasteiger partial charge is 0.123 e. The van der Waals surface area contributed by atoms with Gasteiger partial charge in [-0.05, 0) is 30.3 Å². The molecule has 0 unspecified atom stereocenters. The lowest BCUT2D eigenvalue weighted by Gasteiger charge is -2.14. The Balaban J connectivity index is 2.44. The molecule has 0 amide bonds. The van der Waals surface area contributed by atoms with Crippen LogP contribution in [0.1, 0.15) is 11.1 Å².